The van der Waals surface area contributed by atoms with Crippen LogP contribution < -0.4 is 0 Å². The number of hydrogen-bond donors (Lipinski definition) is 0. The van der Waals surface area contributed by atoms with Crippen molar-refractivity contribution < 1.29 is 19.1 Å². The summed E-state index contributed by atoms with van der Waals surface area (Å²) in [6.07, 6.45) is 0. The fourth-order valence-electron chi connectivity index (χ4n) is 2.37. The van der Waals surface area contributed by atoms with E-state index in [0.29, 0.717) is 0 Å². The molecule has 2 aromatic rings. The second-order valence-electron chi connectivity index (χ2n) is 4.73. The topological polar surface area (TPSA) is 52.6 Å². The van der Waals surface area contributed by atoms with Gasteiger partial charge in [-0.2, -0.15) is 0 Å². The zero-order chi connectivity index (χ0) is 17.0. The Balaban J connectivity index is 2.86. The van der Waals surface area contributed by atoms with Crippen LogP contribution in [0.25, 0.3) is 0 Å². The zero-order valence-electron chi connectivity index (χ0n) is 12.5. The minimum absolute atomic E-state index is 0.249. The number of carbonyl (C=O) groups excluding carboxylic acids is 2. The maximum atomic E-state index is 12.7. The van der Waals surface area contributed by atoms with Crippen LogP contribution in [0.2, 0.25) is 10.0 Å². The van der Waals surface area contributed by atoms with Gasteiger partial charge in [-0.05, 0) is 12.1 Å². The molecule has 0 aliphatic carbocycles. The average molecular weight is 353 g/mol. The van der Waals surface area contributed by atoms with Crippen LogP contribution in [-0.2, 0) is 24.7 Å². The highest BCUT2D eigenvalue weighted by Gasteiger charge is 2.49. The van der Waals surface area contributed by atoms with Crippen molar-refractivity contribution in [3.05, 3.63) is 69.7 Å². The van der Waals surface area contributed by atoms with E-state index in [1.165, 1.54) is 14.0 Å². The Labute approximate surface area is 143 Å². The van der Waals surface area contributed by atoms with Gasteiger partial charge in [0.15, 0.2) is 0 Å². The highest BCUT2D eigenvalue weighted by molar-refractivity contribution is 6.33. The quantitative estimate of drug-likeness (QED) is 0.781. The monoisotopic (exact) mass is 352 g/mol. The molecule has 0 bridgehead atoms. The number of halogens is 2. The number of rotatable bonds is 4. The largest absolute Gasteiger partial charge is 0.466 e. The summed E-state index contributed by atoms with van der Waals surface area (Å²) in [7, 11) is 1.20. The molecule has 0 aliphatic rings. The van der Waals surface area contributed by atoms with Gasteiger partial charge in [-0.3, -0.25) is 4.79 Å². The first-order chi connectivity index (χ1) is 10.9. The molecule has 0 aliphatic heterocycles. The number of methoxy groups -OCH3 is 1. The van der Waals surface area contributed by atoms with Crippen molar-refractivity contribution in [1.29, 1.82) is 0 Å². The summed E-state index contributed by atoms with van der Waals surface area (Å²) in [4.78, 5) is 24.4. The lowest BCUT2D eigenvalue weighted by Crippen LogP contribution is -2.42. The lowest BCUT2D eigenvalue weighted by atomic mass is 9.85. The standard InChI is InChI=1S/C17H14Cl2O4/c1-11(20)23-17(16(21)22-2,12-7-3-5-9-14(12)18)13-8-4-6-10-15(13)19/h3-10H,1-2H3. The maximum absolute atomic E-state index is 12.7. The molecule has 0 saturated heterocycles. The van der Waals surface area contributed by atoms with Crippen LogP contribution in [0, 0.1) is 0 Å². The molecule has 120 valence electrons. The van der Waals surface area contributed by atoms with E-state index in [2.05, 4.69) is 0 Å². The van der Waals surface area contributed by atoms with E-state index < -0.39 is 17.5 Å². The minimum Gasteiger partial charge on any atom is -0.466 e. The normalized spacial score (nSPS) is 11.0. The molecule has 0 radical (unpaired) electrons. The number of esters is 2. The van der Waals surface area contributed by atoms with Crippen molar-refractivity contribution in [3.63, 3.8) is 0 Å². The second-order valence-corrected chi connectivity index (χ2v) is 5.54. The fraction of sp³-hybridized carbons (Fsp3) is 0.176. The summed E-state index contributed by atoms with van der Waals surface area (Å²) in [5.41, 5.74) is -1.33. The third-order valence-electron chi connectivity index (χ3n) is 3.28. The van der Waals surface area contributed by atoms with E-state index in [1.807, 2.05) is 0 Å². The van der Waals surface area contributed by atoms with E-state index in [1.54, 1.807) is 48.5 Å². The third kappa shape index (κ3) is 3.19. The van der Waals surface area contributed by atoms with Crippen LogP contribution >= 0.6 is 23.2 Å². The summed E-state index contributed by atoms with van der Waals surface area (Å²) in [6, 6.07) is 13.1. The maximum Gasteiger partial charge on any atom is 0.360 e. The number of hydrogen-bond acceptors (Lipinski definition) is 4. The van der Waals surface area contributed by atoms with Gasteiger partial charge in [0.2, 0.25) is 0 Å². The molecular weight excluding hydrogens is 339 g/mol. The third-order valence-corrected chi connectivity index (χ3v) is 3.94. The van der Waals surface area contributed by atoms with E-state index >= 15 is 0 Å². The van der Waals surface area contributed by atoms with Crippen molar-refractivity contribution in [2.24, 2.45) is 0 Å². The molecule has 0 atom stereocenters. The molecular formula is C17H14Cl2O4. The Kier molecular flexibility index (Phi) is 5.29. The Hall–Kier alpha value is -2.04. The van der Waals surface area contributed by atoms with Crippen molar-refractivity contribution in [1.82, 2.24) is 0 Å². The molecule has 0 N–H and O–H groups in total. The van der Waals surface area contributed by atoms with Crippen LogP contribution in [-0.4, -0.2) is 19.0 Å². The summed E-state index contributed by atoms with van der Waals surface area (Å²) in [5, 5.41) is 0.498. The summed E-state index contributed by atoms with van der Waals surface area (Å²) >= 11 is 12.5. The van der Waals surface area contributed by atoms with Crippen LogP contribution in [0.15, 0.2) is 48.5 Å². The van der Waals surface area contributed by atoms with Crippen LogP contribution in [0.1, 0.15) is 18.1 Å². The average Bonchev–Trinajstić information content (AvgIpc) is 2.53. The highest BCUT2D eigenvalue weighted by atomic mass is 35.5. The predicted molar refractivity (Wildman–Crippen MR) is 87.5 cm³/mol. The molecule has 0 amide bonds. The summed E-state index contributed by atoms with van der Waals surface area (Å²) in [6.45, 7) is 1.20. The molecule has 0 aromatic heterocycles. The molecule has 0 fully saturated rings. The van der Waals surface area contributed by atoms with Gasteiger partial charge in [0, 0.05) is 28.1 Å². The van der Waals surface area contributed by atoms with Gasteiger partial charge in [0.05, 0.1) is 7.11 Å². The molecule has 6 heteroatoms. The fourth-order valence-corrected chi connectivity index (χ4v) is 2.91. The van der Waals surface area contributed by atoms with Crippen molar-refractivity contribution in [3.8, 4) is 0 Å². The molecule has 23 heavy (non-hydrogen) atoms. The first-order valence-electron chi connectivity index (χ1n) is 6.71. The van der Waals surface area contributed by atoms with Gasteiger partial charge in [-0.25, -0.2) is 4.79 Å². The summed E-state index contributed by atoms with van der Waals surface area (Å²) < 4.78 is 10.3. The molecule has 4 nitrogen and oxygen atoms in total. The molecule has 0 spiro atoms. The van der Waals surface area contributed by atoms with Gasteiger partial charge in [-0.1, -0.05) is 59.6 Å². The van der Waals surface area contributed by atoms with E-state index in [4.69, 9.17) is 32.7 Å². The van der Waals surface area contributed by atoms with Gasteiger partial charge in [0.1, 0.15) is 0 Å². The predicted octanol–water partition coefficient (Wildman–Crippen LogP) is 3.97. The smallest absolute Gasteiger partial charge is 0.360 e. The Morgan fingerprint density at radius 2 is 1.35 bits per heavy atom. The van der Waals surface area contributed by atoms with Gasteiger partial charge in [-0.15, -0.1) is 0 Å². The van der Waals surface area contributed by atoms with Crippen molar-refractivity contribution in [2.75, 3.05) is 7.11 Å². The SMILES string of the molecule is COC(=O)C(OC(C)=O)(c1ccccc1Cl)c1ccccc1Cl. The zero-order valence-corrected chi connectivity index (χ0v) is 14.0. The first kappa shape index (κ1) is 17.3. The molecule has 0 unspecified atom stereocenters. The molecule has 2 rings (SSSR count). The Morgan fingerprint density at radius 3 is 1.70 bits per heavy atom. The molecule has 0 saturated carbocycles. The minimum atomic E-state index is -1.88. The van der Waals surface area contributed by atoms with Crippen molar-refractivity contribution >= 4 is 35.1 Å². The Morgan fingerprint density at radius 1 is 0.913 bits per heavy atom. The van der Waals surface area contributed by atoms with Gasteiger partial charge in [0.25, 0.3) is 5.60 Å². The number of carbonyl (C=O) groups is 2. The lowest BCUT2D eigenvalue weighted by molar-refractivity contribution is -0.175. The van der Waals surface area contributed by atoms with Gasteiger partial charge < -0.3 is 9.47 Å². The first-order valence-corrected chi connectivity index (χ1v) is 7.47. The molecule has 0 heterocycles. The molecule has 2 aromatic carbocycles. The van der Waals surface area contributed by atoms with E-state index in [9.17, 15) is 9.59 Å². The van der Waals surface area contributed by atoms with Crippen LogP contribution in [0.5, 0.6) is 0 Å². The highest BCUT2D eigenvalue weighted by Crippen LogP contribution is 2.41. The van der Waals surface area contributed by atoms with Crippen molar-refractivity contribution in [2.45, 2.75) is 12.5 Å². The summed E-state index contributed by atoms with van der Waals surface area (Å²) in [5.74, 6) is -1.47. The lowest BCUT2D eigenvalue weighted by Gasteiger charge is -2.32. The van der Waals surface area contributed by atoms with Crippen LogP contribution in [0.4, 0.5) is 0 Å². The van der Waals surface area contributed by atoms with Crippen LogP contribution in [0.3, 0.4) is 0 Å². The Bertz CT molecular complexity index is 697. The van der Waals surface area contributed by atoms with E-state index in [0.717, 1.165) is 0 Å². The second kappa shape index (κ2) is 7.02. The van der Waals surface area contributed by atoms with E-state index in [-0.39, 0.29) is 21.2 Å². The van der Waals surface area contributed by atoms with Gasteiger partial charge >= 0.3 is 11.9 Å². The number of ether oxygens (including phenoxy) is 2. The number of benzene rings is 2.